The van der Waals surface area contributed by atoms with Gasteiger partial charge in [0, 0.05) is 13.2 Å². The summed E-state index contributed by atoms with van der Waals surface area (Å²) < 4.78 is 1.88. The standard InChI is InChI=1S/C15H10Cl2N4/c1-21-13-5-3-2-4-12(13)20-15(21)10(7-18)14-11(17)6-9(16)8-19-14/h2-6,8,10H,1H3. The van der Waals surface area contributed by atoms with Gasteiger partial charge >= 0.3 is 0 Å². The lowest BCUT2D eigenvalue weighted by Crippen LogP contribution is -2.08. The van der Waals surface area contributed by atoms with Crippen molar-refractivity contribution in [2.45, 2.75) is 5.92 Å². The third-order valence-corrected chi connectivity index (χ3v) is 3.83. The summed E-state index contributed by atoms with van der Waals surface area (Å²) in [6.07, 6.45) is 1.48. The van der Waals surface area contributed by atoms with Crippen molar-refractivity contribution < 1.29 is 0 Å². The van der Waals surface area contributed by atoms with Crippen LogP contribution in [-0.4, -0.2) is 14.5 Å². The van der Waals surface area contributed by atoms with Crippen molar-refractivity contribution in [1.82, 2.24) is 14.5 Å². The Morgan fingerprint density at radius 3 is 2.71 bits per heavy atom. The van der Waals surface area contributed by atoms with Crippen LogP contribution in [0.2, 0.25) is 10.0 Å². The molecule has 0 aliphatic rings. The lowest BCUT2D eigenvalue weighted by Gasteiger charge is -2.10. The SMILES string of the molecule is Cn1c(C(C#N)c2ncc(Cl)cc2Cl)nc2ccccc21. The maximum absolute atomic E-state index is 9.54. The number of imidazole rings is 1. The zero-order valence-electron chi connectivity index (χ0n) is 11.1. The van der Waals surface area contributed by atoms with Gasteiger partial charge in [-0.3, -0.25) is 4.98 Å². The molecular weight excluding hydrogens is 307 g/mol. The van der Waals surface area contributed by atoms with E-state index in [4.69, 9.17) is 23.2 Å². The molecule has 3 aromatic rings. The quantitative estimate of drug-likeness (QED) is 0.719. The number of benzene rings is 1. The van der Waals surface area contributed by atoms with Crippen molar-refractivity contribution in [1.29, 1.82) is 5.26 Å². The zero-order valence-corrected chi connectivity index (χ0v) is 12.6. The Labute approximate surface area is 131 Å². The lowest BCUT2D eigenvalue weighted by atomic mass is 10.1. The number of aromatic nitrogens is 3. The highest BCUT2D eigenvalue weighted by molar-refractivity contribution is 6.34. The Morgan fingerprint density at radius 2 is 2.05 bits per heavy atom. The molecule has 1 unspecified atom stereocenters. The van der Waals surface area contributed by atoms with Gasteiger partial charge in [-0.2, -0.15) is 5.26 Å². The Balaban J connectivity index is 2.19. The average molecular weight is 317 g/mol. The zero-order chi connectivity index (χ0) is 15.0. The fourth-order valence-corrected chi connectivity index (χ4v) is 2.79. The van der Waals surface area contributed by atoms with Crippen LogP contribution in [0.15, 0.2) is 36.5 Å². The van der Waals surface area contributed by atoms with Crippen LogP contribution in [0.3, 0.4) is 0 Å². The minimum absolute atomic E-state index is 0.362. The van der Waals surface area contributed by atoms with Crippen molar-refractivity contribution in [2.24, 2.45) is 7.05 Å². The van der Waals surface area contributed by atoms with E-state index < -0.39 is 5.92 Å². The molecule has 3 rings (SSSR count). The van der Waals surface area contributed by atoms with Gasteiger partial charge in [0.25, 0.3) is 0 Å². The summed E-state index contributed by atoms with van der Waals surface area (Å²) in [6, 6.07) is 11.5. The van der Waals surface area contributed by atoms with E-state index in [1.807, 2.05) is 35.9 Å². The number of hydrogen-bond acceptors (Lipinski definition) is 3. The van der Waals surface area contributed by atoms with Crippen molar-refractivity contribution >= 4 is 34.2 Å². The summed E-state index contributed by atoms with van der Waals surface area (Å²) in [5, 5.41) is 10.3. The molecule has 0 spiro atoms. The summed E-state index contributed by atoms with van der Waals surface area (Å²) in [4.78, 5) is 8.73. The topological polar surface area (TPSA) is 54.5 Å². The number of rotatable bonds is 2. The Kier molecular flexibility index (Phi) is 3.54. The first-order chi connectivity index (χ1) is 10.1. The van der Waals surface area contributed by atoms with Gasteiger partial charge in [-0.1, -0.05) is 35.3 Å². The van der Waals surface area contributed by atoms with E-state index in [0.717, 1.165) is 11.0 Å². The molecule has 0 N–H and O–H groups in total. The first-order valence-electron chi connectivity index (χ1n) is 6.23. The molecule has 4 nitrogen and oxygen atoms in total. The van der Waals surface area contributed by atoms with Crippen LogP contribution in [0, 0.1) is 11.3 Å². The normalized spacial score (nSPS) is 12.3. The van der Waals surface area contributed by atoms with Crippen molar-refractivity contribution in [3.63, 3.8) is 0 Å². The summed E-state index contributed by atoms with van der Waals surface area (Å²) >= 11 is 12.0. The molecule has 2 heterocycles. The fraction of sp³-hybridized carbons (Fsp3) is 0.133. The number of pyridine rings is 1. The van der Waals surface area contributed by atoms with E-state index >= 15 is 0 Å². The summed E-state index contributed by atoms with van der Waals surface area (Å²) in [6.45, 7) is 0. The molecule has 0 amide bonds. The van der Waals surface area contributed by atoms with Gasteiger partial charge in [0.1, 0.15) is 11.7 Å². The molecule has 1 aromatic carbocycles. The van der Waals surface area contributed by atoms with Gasteiger partial charge in [-0.15, -0.1) is 0 Å². The number of aryl methyl sites for hydroxylation is 1. The third-order valence-electron chi connectivity index (χ3n) is 3.32. The van der Waals surface area contributed by atoms with Crippen molar-refractivity contribution in [3.8, 4) is 6.07 Å². The molecule has 0 aliphatic carbocycles. The van der Waals surface area contributed by atoms with Crippen molar-refractivity contribution in [3.05, 3.63) is 58.1 Å². The molecule has 0 saturated carbocycles. The molecule has 1 atom stereocenters. The highest BCUT2D eigenvalue weighted by Gasteiger charge is 2.24. The summed E-state index contributed by atoms with van der Waals surface area (Å²) in [7, 11) is 1.87. The van der Waals surface area contributed by atoms with Crippen LogP contribution in [0.25, 0.3) is 11.0 Å². The van der Waals surface area contributed by atoms with Crippen LogP contribution in [0.4, 0.5) is 0 Å². The van der Waals surface area contributed by atoms with Crippen LogP contribution in [0.1, 0.15) is 17.4 Å². The highest BCUT2D eigenvalue weighted by atomic mass is 35.5. The van der Waals surface area contributed by atoms with Gasteiger partial charge in [-0.05, 0) is 18.2 Å². The van der Waals surface area contributed by atoms with Gasteiger partial charge in [0.15, 0.2) is 0 Å². The second-order valence-electron chi connectivity index (χ2n) is 4.60. The highest BCUT2D eigenvalue weighted by Crippen LogP contribution is 2.30. The van der Waals surface area contributed by atoms with Gasteiger partial charge in [0.05, 0.1) is 32.8 Å². The smallest absolute Gasteiger partial charge is 0.148 e. The number of nitrogens with zero attached hydrogens (tertiary/aromatic N) is 4. The Morgan fingerprint density at radius 1 is 1.29 bits per heavy atom. The first-order valence-corrected chi connectivity index (χ1v) is 6.99. The van der Waals surface area contributed by atoms with Crippen LogP contribution in [-0.2, 0) is 7.05 Å². The van der Waals surface area contributed by atoms with Gasteiger partial charge in [0.2, 0.25) is 0 Å². The second kappa shape index (κ2) is 5.36. The molecule has 0 bridgehead atoms. The lowest BCUT2D eigenvalue weighted by molar-refractivity contribution is 0.785. The second-order valence-corrected chi connectivity index (χ2v) is 5.44. The molecular formula is C15H10Cl2N4. The number of nitriles is 1. The van der Waals surface area contributed by atoms with Crippen LogP contribution < -0.4 is 0 Å². The molecule has 0 fully saturated rings. The van der Waals surface area contributed by atoms with Crippen molar-refractivity contribution in [2.75, 3.05) is 0 Å². The predicted octanol–water partition coefficient (Wildman–Crippen LogP) is 3.93. The minimum atomic E-state index is -0.646. The monoisotopic (exact) mass is 316 g/mol. The molecule has 0 aliphatic heterocycles. The average Bonchev–Trinajstić information content (AvgIpc) is 2.80. The first kappa shape index (κ1) is 13.9. The van der Waals surface area contributed by atoms with Crippen LogP contribution >= 0.6 is 23.2 Å². The van der Waals surface area contributed by atoms with E-state index in [1.54, 1.807) is 6.07 Å². The third kappa shape index (κ3) is 2.35. The van der Waals surface area contributed by atoms with E-state index in [-0.39, 0.29) is 0 Å². The van der Waals surface area contributed by atoms with Gasteiger partial charge in [-0.25, -0.2) is 4.98 Å². The molecule has 0 saturated heterocycles. The van der Waals surface area contributed by atoms with E-state index in [9.17, 15) is 5.26 Å². The molecule has 0 radical (unpaired) electrons. The molecule has 6 heteroatoms. The van der Waals surface area contributed by atoms with E-state index in [2.05, 4.69) is 16.0 Å². The van der Waals surface area contributed by atoms with E-state index in [0.29, 0.717) is 21.6 Å². The molecule has 104 valence electrons. The number of halogens is 2. The Bertz CT molecular complexity index is 864. The van der Waals surface area contributed by atoms with E-state index in [1.165, 1.54) is 6.20 Å². The maximum Gasteiger partial charge on any atom is 0.148 e. The molecule has 2 aromatic heterocycles. The molecule has 21 heavy (non-hydrogen) atoms. The van der Waals surface area contributed by atoms with Gasteiger partial charge < -0.3 is 4.57 Å². The largest absolute Gasteiger partial charge is 0.330 e. The number of hydrogen-bond donors (Lipinski definition) is 0. The Hall–Kier alpha value is -2.09. The predicted molar refractivity (Wildman–Crippen MR) is 82.4 cm³/mol. The summed E-state index contributed by atoms with van der Waals surface area (Å²) in [5.41, 5.74) is 2.25. The van der Waals surface area contributed by atoms with Crippen LogP contribution in [0.5, 0.6) is 0 Å². The minimum Gasteiger partial charge on any atom is -0.330 e. The maximum atomic E-state index is 9.54. The fourth-order valence-electron chi connectivity index (χ4n) is 2.30. The summed E-state index contributed by atoms with van der Waals surface area (Å²) in [5.74, 6) is -0.0393. The number of fused-ring (bicyclic) bond motifs is 1. The number of para-hydroxylation sites is 2.